The predicted molar refractivity (Wildman–Crippen MR) is 102 cm³/mol. The molecule has 0 aromatic carbocycles. The van der Waals surface area contributed by atoms with Crippen LogP contribution in [0.15, 0.2) is 23.5 Å². The van der Waals surface area contributed by atoms with Gasteiger partial charge in [-0.15, -0.1) is 0 Å². The standard InChI is InChI=1S/C23H32O5/c1-12(2)15-8-19-23(28-19)21(4)7-6-14-13(3)25-10-16(14)17(21)9-18-22(23,27-18)20(15)26-11-24-5/h12,15,17-20H,3,6-11H2,1-2,4-5H3. The van der Waals surface area contributed by atoms with Gasteiger partial charge in [0.25, 0.3) is 0 Å². The van der Waals surface area contributed by atoms with Gasteiger partial charge < -0.3 is 23.7 Å². The normalized spacial score (nSPS) is 53.0. The molecule has 0 aromatic rings. The molecule has 5 heteroatoms. The second kappa shape index (κ2) is 5.42. The van der Waals surface area contributed by atoms with Crippen LogP contribution in [0.3, 0.4) is 0 Å². The van der Waals surface area contributed by atoms with Crippen molar-refractivity contribution < 1.29 is 23.7 Å². The molecule has 0 bridgehead atoms. The van der Waals surface area contributed by atoms with Crippen LogP contribution < -0.4 is 0 Å². The highest BCUT2D eigenvalue weighted by atomic mass is 16.7. The van der Waals surface area contributed by atoms with E-state index in [9.17, 15) is 0 Å². The third-order valence-electron chi connectivity index (χ3n) is 9.09. The summed E-state index contributed by atoms with van der Waals surface area (Å²) >= 11 is 0. The summed E-state index contributed by atoms with van der Waals surface area (Å²) in [5.41, 5.74) is 2.37. The maximum absolute atomic E-state index is 6.72. The van der Waals surface area contributed by atoms with Crippen LogP contribution in [-0.4, -0.2) is 50.0 Å². The van der Waals surface area contributed by atoms with Crippen LogP contribution in [0.5, 0.6) is 0 Å². The van der Waals surface area contributed by atoms with Gasteiger partial charge in [0.15, 0.2) is 5.60 Å². The lowest BCUT2D eigenvalue weighted by atomic mass is 9.46. The molecule has 0 amide bonds. The summed E-state index contributed by atoms with van der Waals surface area (Å²) in [6.07, 6.45) is 4.78. The molecule has 6 aliphatic rings. The molecule has 8 unspecified atom stereocenters. The average Bonchev–Trinajstić information content (AvgIpc) is 3.54. The molecule has 5 nitrogen and oxygen atoms in total. The summed E-state index contributed by atoms with van der Waals surface area (Å²) < 4.78 is 30.9. The molecule has 3 aliphatic heterocycles. The van der Waals surface area contributed by atoms with Crippen LogP contribution in [0.2, 0.25) is 0 Å². The second-order valence-electron chi connectivity index (χ2n) is 10.3. The summed E-state index contributed by atoms with van der Waals surface area (Å²) in [4.78, 5) is 0. The van der Waals surface area contributed by atoms with Crippen LogP contribution in [-0.2, 0) is 23.7 Å². The van der Waals surface area contributed by atoms with Crippen LogP contribution in [0, 0.1) is 23.2 Å². The molecule has 0 radical (unpaired) electrons. The van der Waals surface area contributed by atoms with E-state index in [1.807, 2.05) is 0 Å². The van der Waals surface area contributed by atoms with Gasteiger partial charge in [-0.25, -0.2) is 0 Å². The van der Waals surface area contributed by atoms with E-state index >= 15 is 0 Å². The van der Waals surface area contributed by atoms with E-state index in [2.05, 4.69) is 27.4 Å². The number of rotatable bonds is 4. The SMILES string of the molecule is C=C1OCC2=C1CCC1(C)C2CC2OC23C(OCOC)C(C(C)C)CC2OC213. The molecule has 0 aromatic heterocycles. The Morgan fingerprint density at radius 2 is 2.04 bits per heavy atom. The Labute approximate surface area is 167 Å². The minimum atomic E-state index is -0.302. The van der Waals surface area contributed by atoms with Gasteiger partial charge in [0.05, 0.1) is 18.3 Å². The van der Waals surface area contributed by atoms with Gasteiger partial charge in [0.2, 0.25) is 0 Å². The van der Waals surface area contributed by atoms with E-state index < -0.39 is 0 Å². The number of ether oxygens (including phenoxy) is 5. The van der Waals surface area contributed by atoms with E-state index in [-0.39, 0.29) is 34.9 Å². The third kappa shape index (κ3) is 1.80. The largest absolute Gasteiger partial charge is 0.490 e. The average molecular weight is 389 g/mol. The quantitative estimate of drug-likeness (QED) is 0.544. The lowest BCUT2D eigenvalue weighted by Gasteiger charge is -2.55. The first kappa shape index (κ1) is 17.9. The highest BCUT2D eigenvalue weighted by molar-refractivity contribution is 5.47. The number of hydrogen-bond donors (Lipinski definition) is 0. The molecule has 0 N–H and O–H groups in total. The van der Waals surface area contributed by atoms with Gasteiger partial charge in [0.1, 0.15) is 24.8 Å². The Kier molecular flexibility index (Phi) is 3.47. The van der Waals surface area contributed by atoms with Crippen molar-refractivity contribution in [1.82, 2.24) is 0 Å². The maximum atomic E-state index is 6.72. The van der Waals surface area contributed by atoms with Crippen molar-refractivity contribution in [3.8, 4) is 0 Å². The van der Waals surface area contributed by atoms with Crippen molar-refractivity contribution >= 4 is 0 Å². The topological polar surface area (TPSA) is 52.8 Å². The van der Waals surface area contributed by atoms with E-state index in [1.54, 1.807) is 7.11 Å². The lowest BCUT2D eigenvalue weighted by molar-refractivity contribution is -0.164. The number of epoxide rings is 2. The molecule has 3 heterocycles. The molecule has 2 spiro atoms. The van der Waals surface area contributed by atoms with Crippen LogP contribution in [0.4, 0.5) is 0 Å². The summed E-state index contributed by atoms with van der Waals surface area (Å²) in [7, 11) is 1.70. The summed E-state index contributed by atoms with van der Waals surface area (Å²) in [5.74, 6) is 2.32. The zero-order chi connectivity index (χ0) is 19.5. The first-order chi connectivity index (χ1) is 13.4. The fourth-order valence-electron chi connectivity index (χ4n) is 7.74. The fraction of sp³-hybridized carbons (Fsp3) is 0.826. The Bertz CT molecular complexity index is 773. The summed E-state index contributed by atoms with van der Waals surface area (Å²) in [6.45, 7) is 12.2. The zero-order valence-corrected chi connectivity index (χ0v) is 17.5. The lowest BCUT2D eigenvalue weighted by Crippen LogP contribution is -2.67. The molecular weight excluding hydrogens is 356 g/mol. The zero-order valence-electron chi connectivity index (χ0n) is 17.5. The number of fused-ring (bicyclic) bond motifs is 2. The predicted octanol–water partition coefficient (Wildman–Crippen LogP) is 3.59. The number of allylic oxidation sites excluding steroid dienone is 1. The Morgan fingerprint density at radius 1 is 1.21 bits per heavy atom. The minimum Gasteiger partial charge on any atom is -0.490 e. The summed E-state index contributed by atoms with van der Waals surface area (Å²) in [6, 6.07) is 0. The van der Waals surface area contributed by atoms with E-state index in [1.165, 1.54) is 11.1 Å². The van der Waals surface area contributed by atoms with Gasteiger partial charge in [0, 0.05) is 12.5 Å². The van der Waals surface area contributed by atoms with E-state index in [0.717, 1.165) is 31.4 Å². The molecule has 3 aliphatic carbocycles. The second-order valence-corrected chi connectivity index (χ2v) is 10.3. The highest BCUT2D eigenvalue weighted by Gasteiger charge is 2.93. The van der Waals surface area contributed by atoms with Crippen LogP contribution >= 0.6 is 0 Å². The molecule has 28 heavy (non-hydrogen) atoms. The Balaban J connectivity index is 1.43. The van der Waals surface area contributed by atoms with Gasteiger partial charge in [-0.2, -0.15) is 0 Å². The molecule has 2 saturated carbocycles. The minimum absolute atomic E-state index is 0.0409. The maximum Gasteiger partial charge on any atom is 0.153 e. The van der Waals surface area contributed by atoms with E-state index in [0.29, 0.717) is 31.2 Å². The Hall–Kier alpha value is -0.880. The van der Waals surface area contributed by atoms with Crippen molar-refractivity contribution in [3.05, 3.63) is 23.5 Å². The molecule has 4 fully saturated rings. The van der Waals surface area contributed by atoms with Gasteiger partial charge >= 0.3 is 0 Å². The number of methoxy groups -OCH3 is 1. The van der Waals surface area contributed by atoms with Crippen molar-refractivity contribution in [3.63, 3.8) is 0 Å². The van der Waals surface area contributed by atoms with Crippen molar-refractivity contribution in [2.24, 2.45) is 23.2 Å². The van der Waals surface area contributed by atoms with Crippen molar-refractivity contribution in [2.75, 3.05) is 20.5 Å². The molecule has 8 atom stereocenters. The fourth-order valence-corrected chi connectivity index (χ4v) is 7.74. The van der Waals surface area contributed by atoms with Gasteiger partial charge in [-0.1, -0.05) is 27.4 Å². The monoisotopic (exact) mass is 388 g/mol. The summed E-state index contributed by atoms with van der Waals surface area (Å²) in [5, 5.41) is 0. The number of hydrogen-bond acceptors (Lipinski definition) is 5. The molecule has 6 rings (SSSR count). The van der Waals surface area contributed by atoms with Gasteiger partial charge in [-0.3, -0.25) is 0 Å². The third-order valence-corrected chi connectivity index (χ3v) is 9.09. The first-order valence-corrected chi connectivity index (χ1v) is 10.9. The molecule has 2 saturated heterocycles. The van der Waals surface area contributed by atoms with E-state index in [4.69, 9.17) is 23.7 Å². The first-order valence-electron chi connectivity index (χ1n) is 10.9. The van der Waals surface area contributed by atoms with Crippen LogP contribution in [0.25, 0.3) is 0 Å². The smallest absolute Gasteiger partial charge is 0.153 e. The van der Waals surface area contributed by atoms with Crippen LogP contribution in [0.1, 0.15) is 46.5 Å². The van der Waals surface area contributed by atoms with Gasteiger partial charge in [-0.05, 0) is 54.6 Å². The van der Waals surface area contributed by atoms with Crippen molar-refractivity contribution in [1.29, 1.82) is 0 Å². The highest BCUT2D eigenvalue weighted by Crippen LogP contribution is 2.79. The molecule has 154 valence electrons. The Morgan fingerprint density at radius 3 is 2.79 bits per heavy atom. The molecular formula is C23H32O5. The van der Waals surface area contributed by atoms with Crippen molar-refractivity contribution in [2.45, 2.75) is 76.0 Å².